The van der Waals surface area contributed by atoms with Crippen LogP contribution in [0.5, 0.6) is 0 Å². The summed E-state index contributed by atoms with van der Waals surface area (Å²) in [5.74, 6) is 2.42. The lowest BCUT2D eigenvalue weighted by molar-refractivity contribution is -0.157. The molecule has 0 saturated carbocycles. The van der Waals surface area contributed by atoms with Crippen molar-refractivity contribution in [3.8, 4) is 12.3 Å². The largest absolute Gasteiger partial charge is 0.376 e. The molecule has 0 aromatic carbocycles. The number of hydrogen-bond donors (Lipinski definition) is 0. The maximum absolute atomic E-state index is 11.9. The van der Waals surface area contributed by atoms with E-state index in [1.807, 2.05) is 6.92 Å². The lowest BCUT2D eigenvalue weighted by Gasteiger charge is -2.27. The van der Waals surface area contributed by atoms with Gasteiger partial charge >= 0.3 is 0 Å². The molecule has 1 heterocycles. The van der Waals surface area contributed by atoms with Crippen molar-refractivity contribution in [1.29, 1.82) is 0 Å². The third-order valence-electron chi connectivity index (χ3n) is 2.18. The molecule has 15 heavy (non-hydrogen) atoms. The molecule has 1 fully saturated rings. The highest BCUT2D eigenvalue weighted by molar-refractivity contribution is 5.81. The highest BCUT2D eigenvalue weighted by atomic mass is 16.6. The zero-order valence-electron chi connectivity index (χ0n) is 9.07. The standard InChI is InChI=1S/C11H17NO3/c1-3-5-12(6-4-2)11(13)10-9-14-7-8-15-10/h1,10H,4-9H2,2H3. The Morgan fingerprint density at radius 1 is 1.60 bits per heavy atom. The first kappa shape index (κ1) is 12.0. The summed E-state index contributed by atoms with van der Waals surface area (Å²) >= 11 is 0. The van der Waals surface area contributed by atoms with Crippen molar-refractivity contribution < 1.29 is 14.3 Å². The number of rotatable bonds is 4. The van der Waals surface area contributed by atoms with Gasteiger partial charge < -0.3 is 14.4 Å². The number of carbonyl (C=O) groups is 1. The van der Waals surface area contributed by atoms with Gasteiger partial charge in [0.15, 0.2) is 6.10 Å². The Bertz CT molecular complexity index is 241. The van der Waals surface area contributed by atoms with Crippen LogP contribution < -0.4 is 0 Å². The molecule has 0 N–H and O–H groups in total. The van der Waals surface area contributed by atoms with Gasteiger partial charge in [-0.15, -0.1) is 6.42 Å². The quantitative estimate of drug-likeness (QED) is 0.627. The fourth-order valence-corrected chi connectivity index (χ4v) is 1.48. The molecule has 1 amide bonds. The van der Waals surface area contributed by atoms with Crippen LogP contribution in [0.2, 0.25) is 0 Å². The summed E-state index contributed by atoms with van der Waals surface area (Å²) in [6, 6.07) is 0. The normalized spacial score (nSPS) is 20.7. The van der Waals surface area contributed by atoms with Crippen LogP contribution in [0.15, 0.2) is 0 Å². The Morgan fingerprint density at radius 2 is 2.40 bits per heavy atom. The van der Waals surface area contributed by atoms with Crippen molar-refractivity contribution in [1.82, 2.24) is 4.90 Å². The molecule has 0 aliphatic carbocycles. The second-order valence-corrected chi connectivity index (χ2v) is 3.40. The van der Waals surface area contributed by atoms with Crippen molar-refractivity contribution in [2.24, 2.45) is 0 Å². The summed E-state index contributed by atoms with van der Waals surface area (Å²) in [6.07, 6.45) is 5.63. The van der Waals surface area contributed by atoms with Gasteiger partial charge in [-0.3, -0.25) is 4.79 Å². The number of terminal acetylenes is 1. The van der Waals surface area contributed by atoms with E-state index < -0.39 is 6.10 Å². The first-order valence-corrected chi connectivity index (χ1v) is 5.21. The molecular weight excluding hydrogens is 194 g/mol. The SMILES string of the molecule is C#CCN(CCC)C(=O)C1COCCO1. The smallest absolute Gasteiger partial charge is 0.254 e. The monoisotopic (exact) mass is 211 g/mol. The molecule has 84 valence electrons. The van der Waals surface area contributed by atoms with E-state index in [-0.39, 0.29) is 5.91 Å². The van der Waals surface area contributed by atoms with Crippen LogP contribution in [0.4, 0.5) is 0 Å². The highest BCUT2D eigenvalue weighted by Crippen LogP contribution is 2.05. The van der Waals surface area contributed by atoms with Gasteiger partial charge in [0.25, 0.3) is 5.91 Å². The average Bonchev–Trinajstić information content (AvgIpc) is 2.29. The molecule has 1 unspecified atom stereocenters. The summed E-state index contributed by atoms with van der Waals surface area (Å²) in [4.78, 5) is 13.5. The zero-order valence-corrected chi connectivity index (χ0v) is 9.07. The molecular formula is C11H17NO3. The van der Waals surface area contributed by atoms with Gasteiger partial charge in [0, 0.05) is 6.54 Å². The fourth-order valence-electron chi connectivity index (χ4n) is 1.48. The van der Waals surface area contributed by atoms with Crippen LogP contribution in [0.1, 0.15) is 13.3 Å². The predicted octanol–water partition coefficient (Wildman–Crippen LogP) is 0.274. The molecule has 1 rings (SSSR count). The summed E-state index contributed by atoms with van der Waals surface area (Å²) in [7, 11) is 0. The van der Waals surface area contributed by atoms with Crippen molar-refractivity contribution in [2.75, 3.05) is 32.9 Å². The second kappa shape index (κ2) is 6.44. The number of amides is 1. The van der Waals surface area contributed by atoms with E-state index in [2.05, 4.69) is 5.92 Å². The van der Waals surface area contributed by atoms with Crippen LogP contribution in [0, 0.1) is 12.3 Å². The Labute approximate surface area is 90.5 Å². The summed E-state index contributed by atoms with van der Waals surface area (Å²) in [5.41, 5.74) is 0. The van der Waals surface area contributed by atoms with Crippen LogP contribution >= 0.6 is 0 Å². The molecule has 1 aliphatic rings. The van der Waals surface area contributed by atoms with Gasteiger partial charge in [-0.25, -0.2) is 0 Å². The van der Waals surface area contributed by atoms with E-state index >= 15 is 0 Å². The van der Waals surface area contributed by atoms with E-state index in [1.54, 1.807) is 4.90 Å². The second-order valence-electron chi connectivity index (χ2n) is 3.40. The van der Waals surface area contributed by atoms with Crippen molar-refractivity contribution in [3.05, 3.63) is 0 Å². The maximum Gasteiger partial charge on any atom is 0.254 e. The molecule has 1 aliphatic heterocycles. The Balaban J connectivity index is 2.50. The van der Waals surface area contributed by atoms with Crippen molar-refractivity contribution >= 4 is 5.91 Å². The Kier molecular flexibility index (Phi) is 5.16. The zero-order chi connectivity index (χ0) is 11.1. The third-order valence-corrected chi connectivity index (χ3v) is 2.18. The molecule has 0 radical (unpaired) electrons. The minimum absolute atomic E-state index is 0.0606. The highest BCUT2D eigenvalue weighted by Gasteiger charge is 2.26. The maximum atomic E-state index is 11.9. The molecule has 0 spiro atoms. The summed E-state index contributed by atoms with van der Waals surface area (Å²) in [5, 5.41) is 0. The molecule has 0 bridgehead atoms. The van der Waals surface area contributed by atoms with Crippen LogP contribution in [0.3, 0.4) is 0 Å². The number of hydrogen-bond acceptors (Lipinski definition) is 3. The minimum atomic E-state index is -0.473. The number of nitrogens with zero attached hydrogens (tertiary/aromatic N) is 1. The number of ether oxygens (including phenoxy) is 2. The van der Waals surface area contributed by atoms with Crippen LogP contribution in [-0.2, 0) is 14.3 Å². The van der Waals surface area contributed by atoms with Gasteiger partial charge in [0.05, 0.1) is 26.4 Å². The molecule has 4 heteroatoms. The molecule has 1 atom stereocenters. The summed E-state index contributed by atoms with van der Waals surface area (Å²) in [6.45, 7) is 4.40. The van der Waals surface area contributed by atoms with E-state index in [4.69, 9.17) is 15.9 Å². The van der Waals surface area contributed by atoms with E-state index in [0.29, 0.717) is 32.9 Å². The lowest BCUT2D eigenvalue weighted by Crippen LogP contribution is -2.45. The molecule has 0 aromatic heterocycles. The molecule has 1 saturated heterocycles. The first-order valence-electron chi connectivity index (χ1n) is 5.21. The van der Waals surface area contributed by atoms with Crippen molar-refractivity contribution in [2.45, 2.75) is 19.4 Å². The lowest BCUT2D eigenvalue weighted by atomic mass is 10.2. The summed E-state index contributed by atoms with van der Waals surface area (Å²) < 4.78 is 10.5. The van der Waals surface area contributed by atoms with E-state index in [1.165, 1.54) is 0 Å². The van der Waals surface area contributed by atoms with Crippen LogP contribution in [-0.4, -0.2) is 49.8 Å². The Morgan fingerprint density at radius 3 is 2.93 bits per heavy atom. The third kappa shape index (κ3) is 3.54. The van der Waals surface area contributed by atoms with Crippen LogP contribution in [0.25, 0.3) is 0 Å². The molecule has 0 aromatic rings. The Hall–Kier alpha value is -1.05. The van der Waals surface area contributed by atoms with Gasteiger partial charge in [-0.2, -0.15) is 0 Å². The van der Waals surface area contributed by atoms with Gasteiger partial charge in [0.1, 0.15) is 0 Å². The van der Waals surface area contributed by atoms with Gasteiger partial charge in [-0.1, -0.05) is 12.8 Å². The van der Waals surface area contributed by atoms with Gasteiger partial charge in [0.2, 0.25) is 0 Å². The fraction of sp³-hybridized carbons (Fsp3) is 0.727. The van der Waals surface area contributed by atoms with Gasteiger partial charge in [-0.05, 0) is 6.42 Å². The topological polar surface area (TPSA) is 38.8 Å². The van der Waals surface area contributed by atoms with E-state index in [0.717, 1.165) is 6.42 Å². The number of carbonyl (C=O) groups excluding carboxylic acids is 1. The van der Waals surface area contributed by atoms with Crippen molar-refractivity contribution in [3.63, 3.8) is 0 Å². The van der Waals surface area contributed by atoms with E-state index in [9.17, 15) is 4.79 Å². The molecule has 4 nitrogen and oxygen atoms in total. The predicted molar refractivity (Wildman–Crippen MR) is 56.3 cm³/mol. The first-order chi connectivity index (χ1) is 7.29. The average molecular weight is 211 g/mol. The minimum Gasteiger partial charge on any atom is -0.376 e.